The summed E-state index contributed by atoms with van der Waals surface area (Å²) in [6.07, 6.45) is 0. The topological polar surface area (TPSA) is 67.2 Å². The van der Waals surface area contributed by atoms with E-state index in [0.717, 1.165) is 23.5 Å². The number of nitrogens with one attached hydrogen (secondary N) is 1. The Labute approximate surface area is 150 Å². The van der Waals surface area contributed by atoms with Crippen molar-refractivity contribution in [1.29, 1.82) is 0 Å². The number of benzene rings is 1. The van der Waals surface area contributed by atoms with Gasteiger partial charge in [0.2, 0.25) is 10.0 Å². The molecule has 1 heterocycles. The van der Waals surface area contributed by atoms with Gasteiger partial charge in [-0.25, -0.2) is 8.42 Å². The lowest BCUT2D eigenvalue weighted by molar-refractivity contribution is 0.410. The molecule has 0 saturated heterocycles. The molecule has 0 atom stereocenters. The molecule has 0 unspecified atom stereocenters. The van der Waals surface area contributed by atoms with Crippen LogP contribution in [0.4, 0.5) is 0 Å². The predicted octanol–water partition coefficient (Wildman–Crippen LogP) is 2.36. The van der Waals surface area contributed by atoms with E-state index in [1.165, 1.54) is 9.87 Å². The summed E-state index contributed by atoms with van der Waals surface area (Å²) < 4.78 is 28.2. The minimum absolute atomic E-state index is 0.0719. The SMILES string of the molecule is Cc1nn(C)c(C)c1CNCc1ccc(S(=O)(=O)N(C)C(C)C)cc1. The molecule has 25 heavy (non-hydrogen) atoms. The van der Waals surface area contributed by atoms with Gasteiger partial charge in [-0.15, -0.1) is 0 Å². The van der Waals surface area contributed by atoms with Crippen LogP contribution in [0.5, 0.6) is 0 Å². The molecule has 0 radical (unpaired) electrons. The van der Waals surface area contributed by atoms with E-state index in [2.05, 4.69) is 17.3 Å². The van der Waals surface area contributed by atoms with Crippen molar-refractivity contribution < 1.29 is 8.42 Å². The Hall–Kier alpha value is -1.70. The zero-order valence-electron chi connectivity index (χ0n) is 15.9. The van der Waals surface area contributed by atoms with Crippen LogP contribution < -0.4 is 5.32 Å². The van der Waals surface area contributed by atoms with E-state index in [4.69, 9.17) is 0 Å². The molecule has 0 amide bonds. The zero-order chi connectivity index (χ0) is 18.8. The first-order valence-corrected chi connectivity index (χ1v) is 9.85. The van der Waals surface area contributed by atoms with E-state index in [9.17, 15) is 8.42 Å². The van der Waals surface area contributed by atoms with Crippen molar-refractivity contribution in [3.05, 3.63) is 46.8 Å². The normalized spacial score (nSPS) is 12.3. The number of aryl methyl sites for hydroxylation is 2. The molecule has 1 aromatic carbocycles. The van der Waals surface area contributed by atoms with Gasteiger partial charge in [0.1, 0.15) is 0 Å². The molecule has 1 aromatic heterocycles. The zero-order valence-corrected chi connectivity index (χ0v) is 16.7. The smallest absolute Gasteiger partial charge is 0.243 e. The number of aromatic nitrogens is 2. The Morgan fingerprint density at radius 3 is 2.24 bits per heavy atom. The van der Waals surface area contributed by atoms with Gasteiger partial charge in [0.15, 0.2) is 0 Å². The van der Waals surface area contributed by atoms with Crippen molar-refractivity contribution in [3.8, 4) is 0 Å². The maximum absolute atomic E-state index is 12.5. The molecule has 7 heteroatoms. The summed E-state index contributed by atoms with van der Waals surface area (Å²) in [6, 6.07) is 6.99. The van der Waals surface area contributed by atoms with Gasteiger partial charge in [0.25, 0.3) is 0 Å². The number of nitrogens with zero attached hydrogens (tertiary/aromatic N) is 3. The molecule has 0 fully saturated rings. The highest BCUT2D eigenvalue weighted by Gasteiger charge is 2.22. The number of sulfonamides is 1. The molecule has 138 valence electrons. The van der Waals surface area contributed by atoms with Crippen LogP contribution in [0.1, 0.15) is 36.4 Å². The standard InChI is InChI=1S/C18H28N4O2S/c1-13(2)22(6)25(23,24)17-9-7-16(8-10-17)11-19-12-18-14(3)20-21(5)15(18)4/h7-10,13,19H,11-12H2,1-6H3. The molecule has 1 N–H and O–H groups in total. The average Bonchev–Trinajstić information content (AvgIpc) is 2.80. The van der Waals surface area contributed by atoms with Crippen molar-refractivity contribution in [3.63, 3.8) is 0 Å². The highest BCUT2D eigenvalue weighted by molar-refractivity contribution is 7.89. The first kappa shape index (κ1) is 19.6. The van der Waals surface area contributed by atoms with E-state index >= 15 is 0 Å². The van der Waals surface area contributed by atoms with Crippen molar-refractivity contribution in [2.75, 3.05) is 7.05 Å². The first-order valence-electron chi connectivity index (χ1n) is 8.41. The maximum atomic E-state index is 12.5. The molecular formula is C18H28N4O2S. The summed E-state index contributed by atoms with van der Waals surface area (Å²) in [5, 5.41) is 7.81. The van der Waals surface area contributed by atoms with Crippen molar-refractivity contribution in [2.24, 2.45) is 7.05 Å². The van der Waals surface area contributed by atoms with Gasteiger partial charge in [0.05, 0.1) is 10.6 Å². The molecule has 0 saturated carbocycles. The molecule has 0 bridgehead atoms. The fraction of sp³-hybridized carbons (Fsp3) is 0.500. The van der Waals surface area contributed by atoms with Crippen molar-refractivity contribution in [1.82, 2.24) is 19.4 Å². The fourth-order valence-electron chi connectivity index (χ4n) is 2.63. The van der Waals surface area contributed by atoms with Gasteiger partial charge in [0, 0.05) is 44.5 Å². The van der Waals surface area contributed by atoms with E-state index in [-0.39, 0.29) is 6.04 Å². The highest BCUT2D eigenvalue weighted by Crippen LogP contribution is 2.17. The molecule has 0 aliphatic rings. The van der Waals surface area contributed by atoms with E-state index < -0.39 is 10.0 Å². The maximum Gasteiger partial charge on any atom is 0.243 e. The summed E-state index contributed by atoms with van der Waals surface area (Å²) >= 11 is 0. The van der Waals surface area contributed by atoms with Gasteiger partial charge < -0.3 is 5.32 Å². The quantitative estimate of drug-likeness (QED) is 0.819. The van der Waals surface area contributed by atoms with E-state index in [1.54, 1.807) is 19.2 Å². The lowest BCUT2D eigenvalue weighted by atomic mass is 10.2. The van der Waals surface area contributed by atoms with E-state index in [1.807, 2.05) is 44.6 Å². The summed E-state index contributed by atoms with van der Waals surface area (Å²) in [7, 11) is 0.124. The van der Waals surface area contributed by atoms with Crippen LogP contribution in [0.25, 0.3) is 0 Å². The third-order valence-electron chi connectivity index (χ3n) is 4.62. The second kappa shape index (κ2) is 7.68. The lowest BCUT2D eigenvalue weighted by Gasteiger charge is -2.21. The van der Waals surface area contributed by atoms with Gasteiger partial charge in [-0.1, -0.05) is 12.1 Å². The van der Waals surface area contributed by atoms with E-state index in [0.29, 0.717) is 11.4 Å². The van der Waals surface area contributed by atoms with Crippen LogP contribution in [-0.2, 0) is 30.2 Å². The van der Waals surface area contributed by atoms with Crippen molar-refractivity contribution >= 4 is 10.0 Å². The monoisotopic (exact) mass is 364 g/mol. The van der Waals surface area contributed by atoms with Crippen molar-refractivity contribution in [2.45, 2.75) is 51.7 Å². The molecular weight excluding hydrogens is 336 g/mol. The number of hydrogen-bond donors (Lipinski definition) is 1. The second-order valence-corrected chi connectivity index (χ2v) is 8.63. The minimum atomic E-state index is -3.43. The summed E-state index contributed by atoms with van der Waals surface area (Å²) in [6.45, 7) is 9.20. The first-order chi connectivity index (χ1) is 11.6. The summed E-state index contributed by atoms with van der Waals surface area (Å²) in [5.74, 6) is 0. The summed E-state index contributed by atoms with van der Waals surface area (Å²) in [4.78, 5) is 0.325. The van der Waals surface area contributed by atoms with Gasteiger partial charge in [-0.05, 0) is 45.4 Å². The van der Waals surface area contributed by atoms with Gasteiger partial charge >= 0.3 is 0 Å². The lowest BCUT2D eigenvalue weighted by Crippen LogP contribution is -2.33. The van der Waals surface area contributed by atoms with Gasteiger partial charge in [-0.3, -0.25) is 4.68 Å². The molecule has 6 nitrogen and oxygen atoms in total. The molecule has 0 aliphatic heterocycles. The van der Waals surface area contributed by atoms with Crippen LogP contribution in [0.15, 0.2) is 29.2 Å². The molecule has 0 spiro atoms. The second-order valence-electron chi connectivity index (χ2n) is 6.64. The number of rotatable bonds is 7. The third-order valence-corrected chi connectivity index (χ3v) is 6.67. The number of hydrogen-bond acceptors (Lipinski definition) is 4. The minimum Gasteiger partial charge on any atom is -0.308 e. The largest absolute Gasteiger partial charge is 0.308 e. The Kier molecular flexibility index (Phi) is 6.03. The average molecular weight is 365 g/mol. The van der Waals surface area contributed by atoms with Crippen LogP contribution >= 0.6 is 0 Å². The Bertz CT molecular complexity index is 824. The summed E-state index contributed by atoms with van der Waals surface area (Å²) in [5.41, 5.74) is 4.44. The predicted molar refractivity (Wildman–Crippen MR) is 99.8 cm³/mol. The Balaban J connectivity index is 2.01. The Morgan fingerprint density at radius 2 is 1.76 bits per heavy atom. The highest BCUT2D eigenvalue weighted by atomic mass is 32.2. The third kappa shape index (κ3) is 4.29. The Morgan fingerprint density at radius 1 is 1.16 bits per heavy atom. The molecule has 2 rings (SSSR count). The van der Waals surface area contributed by atoms with Crippen LogP contribution in [-0.4, -0.2) is 35.6 Å². The fourth-order valence-corrected chi connectivity index (χ4v) is 4.00. The van der Waals surface area contributed by atoms with Crippen LogP contribution in [0.2, 0.25) is 0 Å². The molecule has 2 aromatic rings. The van der Waals surface area contributed by atoms with Crippen LogP contribution in [0, 0.1) is 13.8 Å². The van der Waals surface area contributed by atoms with Gasteiger partial charge in [-0.2, -0.15) is 9.40 Å². The molecule has 0 aliphatic carbocycles. The van der Waals surface area contributed by atoms with Crippen LogP contribution in [0.3, 0.4) is 0 Å².